The predicted molar refractivity (Wildman–Crippen MR) is 119 cm³/mol. The first-order valence-corrected chi connectivity index (χ1v) is 13.7. The normalized spacial score (nSPS) is 11.5. The molecule has 0 saturated carbocycles. The minimum Gasteiger partial charge on any atom is -0.748 e. The van der Waals surface area contributed by atoms with Gasteiger partial charge in [-0.05, 0) is 12.8 Å². The molecular formula is C23H47NaO4S. The molecule has 0 aromatic carbocycles. The largest absolute Gasteiger partial charge is 1.00 e. The van der Waals surface area contributed by atoms with Crippen LogP contribution in [0.3, 0.4) is 0 Å². The van der Waals surface area contributed by atoms with Crippen molar-refractivity contribution < 1.29 is 47.6 Å². The molecule has 0 aliphatic carbocycles. The van der Waals surface area contributed by atoms with Crippen LogP contribution < -0.4 is 29.6 Å². The maximum absolute atomic E-state index is 10.5. The summed E-state index contributed by atoms with van der Waals surface area (Å²) in [5, 5.41) is 8.72. The topological polar surface area (TPSA) is 77.4 Å². The molecule has 29 heavy (non-hydrogen) atoms. The Hall–Kier alpha value is 0.870. The van der Waals surface area contributed by atoms with Gasteiger partial charge in [-0.25, -0.2) is 8.42 Å². The van der Waals surface area contributed by atoms with E-state index in [0.29, 0.717) is 13.0 Å². The molecule has 0 aliphatic heterocycles. The summed E-state index contributed by atoms with van der Waals surface area (Å²) in [6, 6.07) is 0. The Labute approximate surface area is 204 Å². The Balaban J connectivity index is 0. The van der Waals surface area contributed by atoms with Crippen LogP contribution in [0.5, 0.6) is 0 Å². The molecule has 0 radical (unpaired) electrons. The van der Waals surface area contributed by atoms with Crippen molar-refractivity contribution in [2.75, 3.05) is 12.4 Å². The zero-order chi connectivity index (χ0) is 20.8. The van der Waals surface area contributed by atoms with Crippen molar-refractivity contribution in [3.63, 3.8) is 0 Å². The number of hydrogen-bond acceptors (Lipinski definition) is 4. The van der Waals surface area contributed by atoms with E-state index in [4.69, 9.17) is 5.11 Å². The quantitative estimate of drug-likeness (QED) is 0.149. The summed E-state index contributed by atoms with van der Waals surface area (Å²) >= 11 is 0. The fourth-order valence-electron chi connectivity index (χ4n) is 3.75. The van der Waals surface area contributed by atoms with Crippen LogP contribution in [0.25, 0.3) is 0 Å². The minimum absolute atomic E-state index is 0. The molecule has 0 aromatic heterocycles. The Morgan fingerprint density at radius 1 is 0.448 bits per heavy atom. The van der Waals surface area contributed by atoms with Gasteiger partial charge in [-0.1, -0.05) is 122 Å². The van der Waals surface area contributed by atoms with Crippen molar-refractivity contribution in [2.45, 2.75) is 135 Å². The van der Waals surface area contributed by atoms with Gasteiger partial charge in [-0.15, -0.1) is 0 Å². The van der Waals surface area contributed by atoms with Gasteiger partial charge >= 0.3 is 29.6 Å². The maximum atomic E-state index is 10.5. The average molecular weight is 443 g/mol. The molecule has 6 heteroatoms. The molecule has 0 atom stereocenters. The van der Waals surface area contributed by atoms with E-state index in [2.05, 4.69) is 0 Å². The molecule has 0 amide bonds. The van der Waals surface area contributed by atoms with E-state index in [-0.39, 0.29) is 35.3 Å². The molecule has 0 rings (SSSR count). The second-order valence-corrected chi connectivity index (χ2v) is 9.93. The van der Waals surface area contributed by atoms with Crippen LogP contribution in [-0.4, -0.2) is 30.4 Å². The Morgan fingerprint density at radius 3 is 0.862 bits per heavy atom. The van der Waals surface area contributed by atoms with Crippen molar-refractivity contribution >= 4 is 10.1 Å². The second-order valence-electron chi connectivity index (χ2n) is 8.41. The summed E-state index contributed by atoms with van der Waals surface area (Å²) in [6.07, 6.45) is 26.1. The van der Waals surface area contributed by atoms with Crippen molar-refractivity contribution in [2.24, 2.45) is 0 Å². The molecule has 0 saturated heterocycles. The molecule has 0 heterocycles. The van der Waals surface area contributed by atoms with Gasteiger partial charge in [0.25, 0.3) is 0 Å². The summed E-state index contributed by atoms with van der Waals surface area (Å²) in [7, 11) is -4.01. The van der Waals surface area contributed by atoms with Crippen LogP contribution in [0.15, 0.2) is 0 Å². The molecule has 4 nitrogen and oxygen atoms in total. The molecule has 0 unspecified atom stereocenters. The minimum atomic E-state index is -4.01. The van der Waals surface area contributed by atoms with Crippen molar-refractivity contribution in [3.8, 4) is 0 Å². The van der Waals surface area contributed by atoms with Gasteiger partial charge in [0.1, 0.15) is 0 Å². The number of rotatable bonds is 23. The van der Waals surface area contributed by atoms with Crippen LogP contribution in [0.4, 0.5) is 0 Å². The van der Waals surface area contributed by atoms with E-state index in [0.717, 1.165) is 19.3 Å². The van der Waals surface area contributed by atoms with Crippen LogP contribution in [-0.2, 0) is 10.1 Å². The maximum Gasteiger partial charge on any atom is 1.00 e. The van der Waals surface area contributed by atoms with E-state index >= 15 is 0 Å². The summed E-state index contributed by atoms with van der Waals surface area (Å²) in [5.74, 6) is -0.195. The summed E-state index contributed by atoms with van der Waals surface area (Å²) in [5.41, 5.74) is 0. The van der Waals surface area contributed by atoms with E-state index in [1.165, 1.54) is 109 Å². The zero-order valence-electron chi connectivity index (χ0n) is 19.3. The number of aliphatic hydroxyl groups excluding tert-OH is 1. The van der Waals surface area contributed by atoms with Crippen LogP contribution in [0.1, 0.15) is 135 Å². The molecule has 0 bridgehead atoms. The Morgan fingerprint density at radius 2 is 0.655 bits per heavy atom. The van der Waals surface area contributed by atoms with E-state index < -0.39 is 10.1 Å². The van der Waals surface area contributed by atoms with Crippen LogP contribution >= 0.6 is 0 Å². The molecule has 0 fully saturated rings. The summed E-state index contributed by atoms with van der Waals surface area (Å²) in [6.45, 7) is 0.350. The third kappa shape index (κ3) is 31.1. The average Bonchev–Trinajstić information content (AvgIpc) is 2.65. The van der Waals surface area contributed by atoms with Gasteiger partial charge in [0, 0.05) is 12.4 Å². The van der Waals surface area contributed by atoms with Gasteiger partial charge in [0.15, 0.2) is 0 Å². The van der Waals surface area contributed by atoms with Gasteiger partial charge in [0.05, 0.1) is 10.1 Å². The standard InChI is InChI=1S/C23H48O4S.Na/c24-22-20-18-16-14-12-10-8-6-4-2-1-3-5-7-9-11-13-15-17-19-21-23-28(25,26)27;/h24H,1-23H2,(H,25,26,27);/q;+1/p-1. The van der Waals surface area contributed by atoms with Crippen LogP contribution in [0.2, 0.25) is 0 Å². The molecule has 0 aromatic rings. The van der Waals surface area contributed by atoms with Gasteiger partial charge in [-0.3, -0.25) is 0 Å². The zero-order valence-corrected chi connectivity index (χ0v) is 22.2. The second kappa shape index (κ2) is 25.1. The summed E-state index contributed by atoms with van der Waals surface area (Å²) < 4.78 is 31.4. The van der Waals surface area contributed by atoms with Gasteiger partial charge < -0.3 is 9.66 Å². The molecular weight excluding hydrogens is 395 g/mol. The SMILES string of the molecule is O=S(=O)([O-])CCCCCCCCCCCCCCCCCCCCCCCO.[Na+]. The van der Waals surface area contributed by atoms with Gasteiger partial charge in [0.2, 0.25) is 0 Å². The third-order valence-electron chi connectivity index (χ3n) is 5.55. The first-order chi connectivity index (χ1) is 13.6. The molecule has 170 valence electrons. The predicted octanol–water partition coefficient (Wildman–Crippen LogP) is 3.72. The fraction of sp³-hybridized carbons (Fsp3) is 1.00. The smallest absolute Gasteiger partial charge is 0.748 e. The molecule has 1 N–H and O–H groups in total. The number of hydrogen-bond donors (Lipinski definition) is 1. The third-order valence-corrected chi connectivity index (χ3v) is 6.34. The Bertz CT molecular complexity index is 402. The van der Waals surface area contributed by atoms with Crippen molar-refractivity contribution in [3.05, 3.63) is 0 Å². The van der Waals surface area contributed by atoms with Crippen LogP contribution in [0, 0.1) is 0 Å². The molecule has 0 aliphatic rings. The first-order valence-electron chi connectivity index (χ1n) is 12.1. The van der Waals surface area contributed by atoms with Crippen molar-refractivity contribution in [1.29, 1.82) is 0 Å². The van der Waals surface area contributed by atoms with E-state index in [9.17, 15) is 13.0 Å². The van der Waals surface area contributed by atoms with E-state index in [1.54, 1.807) is 0 Å². The number of aliphatic hydroxyl groups is 1. The summed E-state index contributed by atoms with van der Waals surface area (Å²) in [4.78, 5) is 0. The Kier molecular flexibility index (Phi) is 27.8. The molecule has 0 spiro atoms. The monoisotopic (exact) mass is 442 g/mol. The fourth-order valence-corrected chi connectivity index (χ4v) is 4.31. The number of unbranched alkanes of at least 4 members (excludes halogenated alkanes) is 20. The van der Waals surface area contributed by atoms with Gasteiger partial charge in [-0.2, -0.15) is 0 Å². The van der Waals surface area contributed by atoms with E-state index in [1.807, 2.05) is 0 Å². The van der Waals surface area contributed by atoms with Crippen molar-refractivity contribution in [1.82, 2.24) is 0 Å². The first kappa shape index (κ1) is 32.1.